The number of carbonyl (C=O) groups excluding carboxylic acids is 5. The fourth-order valence-corrected chi connectivity index (χ4v) is 9.40. The summed E-state index contributed by atoms with van der Waals surface area (Å²) in [5, 5.41) is 11.6. The summed E-state index contributed by atoms with van der Waals surface area (Å²) in [6.07, 6.45) is 7.38. The number of aliphatic hydroxyl groups is 1. The lowest BCUT2D eigenvalue weighted by molar-refractivity contribution is -0.139. The minimum atomic E-state index is -0.666. The standard InChI is InChI=1S/C55H68N8O10/c1-10-37-32(2)41-30-45-38(12-14-47(66)72-28-27-71-26-25-70-24-23-64)33(3)40(59-45)29-42-34(4)39(11-13-46(65)62(9)22-20-57-54(69)73-55(6,7)8)50(60-42)49-51-48(35(5)43(61-51)31-44(37)58-41)52(67)63(53(49)68)21-17-36-15-18-56-19-16-36/h12,14-16,18-19,29-31,34,39,60-61,64H,10-11,13,17,20-28H2,1-9H3,(H,57,69)/b14-12+,42-29?,44-31?,45-30?,50-49?/t34-,39-/m0/s1. The third kappa shape index (κ3) is 12.6. The van der Waals surface area contributed by atoms with E-state index >= 15 is 4.79 Å². The summed E-state index contributed by atoms with van der Waals surface area (Å²) in [6.45, 7) is 16.8. The van der Waals surface area contributed by atoms with E-state index in [0.717, 1.165) is 28.0 Å². The van der Waals surface area contributed by atoms with Gasteiger partial charge in [-0.3, -0.25) is 24.3 Å². The molecule has 8 bridgehead atoms. The van der Waals surface area contributed by atoms with Crippen molar-refractivity contribution in [2.45, 2.75) is 98.5 Å². The van der Waals surface area contributed by atoms with Crippen molar-refractivity contribution in [1.82, 2.24) is 40.0 Å². The molecular weight excluding hydrogens is 933 g/mol. The SMILES string of the molecule is CCC1=C(C)c2cc3nc(cc4[nH]c(c5c6[nH]c(cc1n2)c(C)c6C(=O)N(CCc1ccncc1)C5=O)[C@@H](CCC(=O)N(C)CCNC(=O)OC(C)(C)C)[C@@H]4C)C(C)=C3/C=C/C(=O)OCCOCCOCCO. The number of pyridine rings is 1. The highest BCUT2D eigenvalue weighted by Crippen LogP contribution is 2.45. The van der Waals surface area contributed by atoms with Crippen LogP contribution in [0.3, 0.4) is 0 Å². The topological polar surface area (TPSA) is 231 Å². The number of hydrogen-bond donors (Lipinski definition) is 4. The van der Waals surface area contributed by atoms with Crippen molar-refractivity contribution in [2.24, 2.45) is 0 Å². The molecule has 4 N–H and O–H groups in total. The highest BCUT2D eigenvalue weighted by atomic mass is 16.6. The molecule has 4 amide bonds. The zero-order valence-electron chi connectivity index (χ0n) is 43.4. The van der Waals surface area contributed by atoms with Gasteiger partial charge >= 0.3 is 12.1 Å². The van der Waals surface area contributed by atoms with Crippen molar-refractivity contribution < 1.29 is 48.0 Å². The number of nitrogens with one attached hydrogen (secondary N) is 3. The third-order valence-corrected chi connectivity index (χ3v) is 13.4. The summed E-state index contributed by atoms with van der Waals surface area (Å²) in [6, 6.07) is 9.53. The molecule has 0 aliphatic carbocycles. The number of likely N-dealkylation sites (N-methyl/N-ethyl adjacent to an activating group) is 1. The van der Waals surface area contributed by atoms with Crippen LogP contribution < -0.4 is 5.32 Å². The second kappa shape index (κ2) is 23.7. The van der Waals surface area contributed by atoms with Gasteiger partial charge in [-0.05, 0) is 125 Å². The van der Waals surface area contributed by atoms with E-state index in [4.69, 9.17) is 34.0 Å². The highest BCUT2D eigenvalue weighted by molar-refractivity contribution is 6.23. The van der Waals surface area contributed by atoms with E-state index in [1.54, 1.807) is 51.2 Å². The number of nitrogens with zero attached hydrogens (tertiary/aromatic N) is 5. The van der Waals surface area contributed by atoms with E-state index in [0.29, 0.717) is 94.2 Å². The Hall–Kier alpha value is -7.02. The average Bonchev–Trinajstić information content (AvgIpc) is 4.03. The number of aromatic nitrogens is 5. The van der Waals surface area contributed by atoms with Crippen molar-refractivity contribution in [3.05, 3.63) is 111 Å². The molecule has 0 saturated heterocycles. The van der Waals surface area contributed by atoms with Gasteiger partial charge in [0.15, 0.2) is 0 Å². The van der Waals surface area contributed by atoms with Crippen LogP contribution in [0.15, 0.2) is 54.9 Å². The maximum Gasteiger partial charge on any atom is 0.407 e. The molecule has 4 aliphatic rings. The van der Waals surface area contributed by atoms with Crippen LogP contribution in [0.4, 0.5) is 4.79 Å². The number of amides is 4. The predicted octanol–water partition coefficient (Wildman–Crippen LogP) is 7.63. The van der Waals surface area contributed by atoms with Crippen molar-refractivity contribution >= 4 is 63.1 Å². The van der Waals surface area contributed by atoms with Crippen LogP contribution in [0.25, 0.3) is 33.3 Å². The van der Waals surface area contributed by atoms with Crippen LogP contribution in [0.2, 0.25) is 0 Å². The lowest BCUT2D eigenvalue weighted by Gasteiger charge is -2.27. The van der Waals surface area contributed by atoms with E-state index in [9.17, 15) is 19.2 Å². The number of allylic oxidation sites excluding steroid dienone is 5. The fourth-order valence-electron chi connectivity index (χ4n) is 9.40. The van der Waals surface area contributed by atoms with Crippen LogP contribution in [-0.4, -0.2) is 142 Å². The largest absolute Gasteiger partial charge is 0.460 e. The second-order valence-corrected chi connectivity index (χ2v) is 19.5. The summed E-state index contributed by atoms with van der Waals surface area (Å²) in [4.78, 5) is 93.7. The molecule has 73 heavy (non-hydrogen) atoms. The monoisotopic (exact) mass is 1000 g/mol. The summed E-state index contributed by atoms with van der Waals surface area (Å²) in [7, 11) is 1.68. The molecule has 0 aromatic carbocycles. The number of alkyl carbamates (subject to hydrolysis) is 1. The zero-order chi connectivity index (χ0) is 52.6. The summed E-state index contributed by atoms with van der Waals surface area (Å²) >= 11 is 0. The fraction of sp³-hybridized carbons (Fsp3) is 0.455. The van der Waals surface area contributed by atoms with Crippen LogP contribution in [0.5, 0.6) is 0 Å². The Kier molecular flexibility index (Phi) is 17.4. The minimum Gasteiger partial charge on any atom is -0.460 e. The van der Waals surface area contributed by atoms with Crippen molar-refractivity contribution in [1.29, 1.82) is 0 Å². The molecule has 7 rings (SSSR count). The van der Waals surface area contributed by atoms with E-state index in [1.165, 1.54) is 11.0 Å². The van der Waals surface area contributed by atoms with Crippen LogP contribution in [-0.2, 0) is 35.0 Å². The molecule has 3 aromatic rings. The molecule has 0 unspecified atom stereocenters. The Balaban J connectivity index is 1.33. The smallest absolute Gasteiger partial charge is 0.407 e. The number of fused-ring (bicyclic) bond motifs is 8. The molecule has 18 heteroatoms. The first-order valence-electron chi connectivity index (χ1n) is 25.0. The number of H-pyrrole nitrogens is 2. The third-order valence-electron chi connectivity index (χ3n) is 13.4. The Morgan fingerprint density at radius 2 is 1.58 bits per heavy atom. The Morgan fingerprint density at radius 3 is 2.29 bits per heavy atom. The average molecular weight is 1000 g/mol. The molecule has 388 valence electrons. The molecule has 18 nitrogen and oxygen atoms in total. The lowest BCUT2D eigenvalue weighted by Crippen LogP contribution is -2.42. The van der Waals surface area contributed by atoms with E-state index in [1.807, 2.05) is 58.0 Å². The number of esters is 1. The second-order valence-electron chi connectivity index (χ2n) is 19.5. The first-order chi connectivity index (χ1) is 34.9. The number of aryl methyl sites for hydroxylation is 1. The summed E-state index contributed by atoms with van der Waals surface area (Å²) in [5.74, 6) is -2.27. The number of carbonyl (C=O) groups is 5. The van der Waals surface area contributed by atoms with Gasteiger partial charge in [-0.25, -0.2) is 19.6 Å². The van der Waals surface area contributed by atoms with Crippen molar-refractivity contribution in [3.8, 4) is 0 Å². The van der Waals surface area contributed by atoms with Gasteiger partial charge in [0.2, 0.25) is 5.91 Å². The number of aromatic amines is 2. The van der Waals surface area contributed by atoms with Gasteiger partial charge < -0.3 is 44.2 Å². The van der Waals surface area contributed by atoms with Gasteiger partial charge in [0, 0.05) is 85.9 Å². The minimum absolute atomic E-state index is 0.0333. The summed E-state index contributed by atoms with van der Waals surface area (Å²) in [5.41, 5.74) is 10.00. The van der Waals surface area contributed by atoms with Gasteiger partial charge in [0.25, 0.3) is 11.8 Å². The number of imide groups is 1. The molecule has 0 saturated carbocycles. The van der Waals surface area contributed by atoms with Gasteiger partial charge in [0.1, 0.15) is 12.2 Å². The lowest BCUT2D eigenvalue weighted by atomic mass is 9.84. The normalized spacial score (nSPS) is 16.1. The van der Waals surface area contributed by atoms with Gasteiger partial charge in [-0.15, -0.1) is 0 Å². The van der Waals surface area contributed by atoms with Crippen molar-refractivity contribution in [3.63, 3.8) is 0 Å². The molecular formula is C55H68N8O10. The van der Waals surface area contributed by atoms with Crippen LogP contribution in [0.1, 0.15) is 146 Å². The zero-order valence-corrected chi connectivity index (χ0v) is 43.4. The van der Waals surface area contributed by atoms with E-state index < -0.39 is 35.4 Å². The first kappa shape index (κ1) is 53.8. The maximum absolute atomic E-state index is 15.2. The molecule has 3 aromatic heterocycles. The summed E-state index contributed by atoms with van der Waals surface area (Å²) < 4.78 is 21.5. The van der Waals surface area contributed by atoms with Crippen LogP contribution >= 0.6 is 0 Å². The molecule has 0 spiro atoms. The van der Waals surface area contributed by atoms with Gasteiger partial charge in [-0.1, -0.05) is 13.8 Å². The number of ether oxygens (including phenoxy) is 4. The number of hydrogen-bond acceptors (Lipinski definition) is 13. The van der Waals surface area contributed by atoms with Gasteiger partial charge in [0.05, 0.1) is 72.5 Å². The highest BCUT2D eigenvalue weighted by Gasteiger charge is 2.40. The Labute approximate surface area is 426 Å². The molecule has 0 radical (unpaired) electrons. The number of aliphatic hydroxyl groups excluding tert-OH is 1. The van der Waals surface area contributed by atoms with Crippen molar-refractivity contribution in [2.75, 3.05) is 66.3 Å². The van der Waals surface area contributed by atoms with Gasteiger partial charge in [-0.2, -0.15) is 0 Å². The van der Waals surface area contributed by atoms with E-state index in [2.05, 4.69) is 27.2 Å². The Bertz CT molecular complexity index is 2910. The quantitative estimate of drug-likeness (QED) is 0.0370. The van der Waals surface area contributed by atoms with E-state index in [-0.39, 0.29) is 64.3 Å². The molecule has 7 heterocycles. The van der Waals surface area contributed by atoms with Crippen LogP contribution in [0, 0.1) is 6.92 Å². The number of rotatable bonds is 20. The molecule has 2 atom stereocenters. The first-order valence-corrected chi connectivity index (χ1v) is 25.0. The Morgan fingerprint density at radius 1 is 0.890 bits per heavy atom. The predicted molar refractivity (Wildman–Crippen MR) is 277 cm³/mol. The molecule has 0 fully saturated rings. The maximum atomic E-state index is 15.2. The molecule has 4 aliphatic heterocycles.